The molecule has 8 aromatic carbocycles. The average molecular weight is 669 g/mol. The molecule has 0 unspecified atom stereocenters. The molecule has 0 amide bonds. The summed E-state index contributed by atoms with van der Waals surface area (Å²) in [5, 5.41) is 5.06. The van der Waals surface area contributed by atoms with E-state index in [1.165, 1.54) is 64.2 Å². The van der Waals surface area contributed by atoms with Crippen LogP contribution in [0.4, 0.5) is 17.1 Å². The quantitative estimate of drug-likeness (QED) is 0.171. The summed E-state index contributed by atoms with van der Waals surface area (Å²) < 4.78 is 5.02. The molecule has 0 aliphatic heterocycles. The van der Waals surface area contributed by atoms with Crippen molar-refractivity contribution >= 4 is 70.4 Å². The van der Waals surface area contributed by atoms with Crippen molar-refractivity contribution in [2.75, 3.05) is 4.90 Å². The van der Waals surface area contributed by atoms with Crippen molar-refractivity contribution in [2.45, 2.75) is 0 Å². The first-order valence-corrected chi connectivity index (χ1v) is 18.2. The molecule has 3 heteroatoms. The Kier molecular flexibility index (Phi) is 7.04. The Bertz CT molecular complexity index is 2850. The Morgan fingerprint density at radius 2 is 0.961 bits per heavy atom. The lowest BCUT2D eigenvalue weighted by atomic mass is 10.0. The molecule has 2 nitrogen and oxygen atoms in total. The minimum atomic E-state index is 1.11. The fourth-order valence-corrected chi connectivity index (χ4v) is 8.71. The van der Waals surface area contributed by atoms with Gasteiger partial charge in [0.15, 0.2) is 0 Å². The van der Waals surface area contributed by atoms with Gasteiger partial charge in [-0.05, 0) is 77.4 Å². The van der Waals surface area contributed by atoms with Crippen molar-refractivity contribution in [1.29, 1.82) is 0 Å². The number of para-hydroxylation sites is 2. The predicted molar refractivity (Wildman–Crippen MR) is 219 cm³/mol. The van der Waals surface area contributed by atoms with Crippen molar-refractivity contribution < 1.29 is 0 Å². The first kappa shape index (κ1) is 29.5. The topological polar surface area (TPSA) is 8.17 Å². The van der Waals surface area contributed by atoms with Crippen LogP contribution in [0.3, 0.4) is 0 Å². The second-order valence-corrected chi connectivity index (χ2v) is 14.0. The number of benzene rings is 8. The number of thiophene rings is 1. The van der Waals surface area contributed by atoms with Crippen LogP contribution in [0, 0.1) is 0 Å². The number of aromatic nitrogens is 1. The van der Waals surface area contributed by atoms with Gasteiger partial charge in [-0.25, -0.2) is 0 Å². The lowest BCUT2D eigenvalue weighted by Gasteiger charge is -2.28. The molecule has 0 bridgehead atoms. The second-order valence-electron chi connectivity index (χ2n) is 13.0. The van der Waals surface area contributed by atoms with Crippen LogP contribution in [0.15, 0.2) is 194 Å². The first-order chi connectivity index (χ1) is 25.3. The monoisotopic (exact) mass is 668 g/mol. The van der Waals surface area contributed by atoms with Gasteiger partial charge >= 0.3 is 0 Å². The van der Waals surface area contributed by atoms with E-state index in [9.17, 15) is 0 Å². The molecule has 0 fully saturated rings. The summed E-state index contributed by atoms with van der Waals surface area (Å²) in [6.07, 6.45) is 0. The molecule has 0 atom stereocenters. The Morgan fingerprint density at radius 1 is 0.373 bits per heavy atom. The van der Waals surface area contributed by atoms with Gasteiger partial charge in [-0.15, -0.1) is 11.3 Å². The minimum absolute atomic E-state index is 1.11. The Balaban J connectivity index is 1.21. The van der Waals surface area contributed by atoms with E-state index in [-0.39, 0.29) is 0 Å². The van der Waals surface area contributed by atoms with Crippen LogP contribution in [-0.4, -0.2) is 4.57 Å². The smallest absolute Gasteiger partial charge is 0.0561 e. The van der Waals surface area contributed by atoms with Crippen LogP contribution in [-0.2, 0) is 0 Å². The van der Waals surface area contributed by atoms with E-state index in [0.29, 0.717) is 0 Å². The highest BCUT2D eigenvalue weighted by molar-refractivity contribution is 7.25. The lowest BCUT2D eigenvalue weighted by molar-refractivity contribution is 1.18. The molecule has 240 valence electrons. The highest BCUT2D eigenvalue weighted by atomic mass is 32.1. The van der Waals surface area contributed by atoms with Gasteiger partial charge < -0.3 is 9.47 Å². The molecule has 0 radical (unpaired) electrons. The highest BCUT2D eigenvalue weighted by Gasteiger charge is 2.21. The van der Waals surface area contributed by atoms with E-state index in [1.54, 1.807) is 0 Å². The molecular weight excluding hydrogens is 637 g/mol. The van der Waals surface area contributed by atoms with E-state index in [1.807, 2.05) is 11.3 Å². The molecule has 0 saturated carbocycles. The average Bonchev–Trinajstić information content (AvgIpc) is 3.74. The third-order valence-electron chi connectivity index (χ3n) is 10.00. The van der Waals surface area contributed by atoms with Gasteiger partial charge in [-0.3, -0.25) is 0 Å². The summed E-state index contributed by atoms with van der Waals surface area (Å²) in [6, 6.07) is 70.4. The standard InChI is InChI=1S/C48H32N2S/c1-3-13-33(14-4-1)34-23-25-36(26-24-34)50-45-21-11-8-18-40(45)41-29-27-38(32-46(41)50)49(44-20-10-7-17-39(44)35-15-5-2-6-16-35)37-28-30-48-43(31-37)42-19-9-12-22-47(42)51-48/h1-32H. The van der Waals surface area contributed by atoms with E-state index >= 15 is 0 Å². The highest BCUT2D eigenvalue weighted by Crippen LogP contribution is 2.45. The summed E-state index contributed by atoms with van der Waals surface area (Å²) >= 11 is 1.86. The van der Waals surface area contributed by atoms with Crippen molar-refractivity contribution in [3.05, 3.63) is 194 Å². The van der Waals surface area contributed by atoms with Crippen molar-refractivity contribution in [2.24, 2.45) is 0 Å². The van der Waals surface area contributed by atoms with Gasteiger partial charge in [0.1, 0.15) is 0 Å². The molecule has 2 aromatic heterocycles. The summed E-state index contributed by atoms with van der Waals surface area (Å²) in [6.45, 7) is 0. The van der Waals surface area contributed by atoms with E-state index in [0.717, 1.165) is 22.7 Å². The van der Waals surface area contributed by atoms with Crippen LogP contribution in [0.25, 0.3) is 69.9 Å². The number of anilines is 3. The third-order valence-corrected chi connectivity index (χ3v) is 11.1. The van der Waals surface area contributed by atoms with Gasteiger partial charge in [0, 0.05) is 53.6 Å². The van der Waals surface area contributed by atoms with Crippen LogP contribution >= 0.6 is 11.3 Å². The van der Waals surface area contributed by atoms with Gasteiger partial charge in [-0.2, -0.15) is 0 Å². The van der Waals surface area contributed by atoms with Crippen LogP contribution in [0.2, 0.25) is 0 Å². The maximum absolute atomic E-state index is 2.44. The van der Waals surface area contributed by atoms with Crippen LogP contribution < -0.4 is 4.90 Å². The molecular formula is C48H32N2S. The van der Waals surface area contributed by atoms with Crippen LogP contribution in [0.5, 0.6) is 0 Å². The zero-order valence-corrected chi connectivity index (χ0v) is 28.6. The summed E-state index contributed by atoms with van der Waals surface area (Å²) in [5.74, 6) is 0. The number of hydrogen-bond donors (Lipinski definition) is 0. The molecule has 0 aliphatic rings. The molecule has 10 aromatic rings. The van der Waals surface area contributed by atoms with Gasteiger partial charge in [-0.1, -0.05) is 133 Å². The van der Waals surface area contributed by atoms with Crippen molar-refractivity contribution in [3.63, 3.8) is 0 Å². The Hall–Kier alpha value is -6.42. The fourth-order valence-electron chi connectivity index (χ4n) is 7.62. The Morgan fingerprint density at radius 3 is 1.78 bits per heavy atom. The maximum atomic E-state index is 2.44. The van der Waals surface area contributed by atoms with Crippen LogP contribution in [0.1, 0.15) is 0 Å². The number of rotatable bonds is 6. The van der Waals surface area contributed by atoms with E-state index in [2.05, 4.69) is 204 Å². The van der Waals surface area contributed by atoms with Crippen molar-refractivity contribution in [1.82, 2.24) is 4.57 Å². The first-order valence-electron chi connectivity index (χ1n) is 17.4. The SMILES string of the molecule is c1ccc(-c2ccc(-n3c4ccccc4c4ccc(N(c5ccc6sc7ccccc7c6c5)c5ccccc5-c5ccccc5)cc43)cc2)cc1. The number of fused-ring (bicyclic) bond motifs is 6. The molecule has 10 rings (SSSR count). The van der Waals surface area contributed by atoms with Gasteiger partial charge in [0.05, 0.1) is 16.7 Å². The zero-order valence-electron chi connectivity index (χ0n) is 27.8. The molecule has 51 heavy (non-hydrogen) atoms. The summed E-state index contributed by atoms with van der Waals surface area (Å²) in [4.78, 5) is 2.44. The summed E-state index contributed by atoms with van der Waals surface area (Å²) in [7, 11) is 0. The molecule has 0 N–H and O–H groups in total. The lowest BCUT2D eigenvalue weighted by Crippen LogP contribution is -2.11. The second kappa shape index (κ2) is 12.2. The number of hydrogen-bond acceptors (Lipinski definition) is 2. The molecule has 2 heterocycles. The van der Waals surface area contributed by atoms with E-state index < -0.39 is 0 Å². The summed E-state index contributed by atoms with van der Waals surface area (Å²) in [5.41, 5.74) is 11.7. The fraction of sp³-hybridized carbons (Fsp3) is 0. The normalized spacial score (nSPS) is 11.5. The molecule has 0 saturated heterocycles. The molecule has 0 aliphatic carbocycles. The third kappa shape index (κ3) is 5.01. The largest absolute Gasteiger partial charge is 0.310 e. The maximum Gasteiger partial charge on any atom is 0.0561 e. The van der Waals surface area contributed by atoms with E-state index in [4.69, 9.17) is 0 Å². The van der Waals surface area contributed by atoms with Gasteiger partial charge in [0.2, 0.25) is 0 Å². The minimum Gasteiger partial charge on any atom is -0.310 e. The molecule has 0 spiro atoms. The predicted octanol–water partition coefficient (Wildman–Crippen LogP) is 14.0. The van der Waals surface area contributed by atoms with Gasteiger partial charge in [0.25, 0.3) is 0 Å². The zero-order chi connectivity index (χ0) is 33.7. The Labute approximate surface area is 300 Å². The van der Waals surface area contributed by atoms with Crippen molar-refractivity contribution in [3.8, 4) is 27.9 Å². The number of nitrogens with zero attached hydrogens (tertiary/aromatic N) is 2.